The Balaban J connectivity index is 3.36. The van der Waals surface area contributed by atoms with Crippen LogP contribution in [0.25, 0.3) is 0 Å². The Labute approximate surface area is 140 Å². The molecule has 0 aromatic carbocycles. The maximum Gasteiger partial charge on any atom is 0.222 e. The van der Waals surface area contributed by atoms with E-state index in [0.717, 1.165) is 38.7 Å². The minimum Gasteiger partial charge on any atom is -0.379 e. The lowest BCUT2D eigenvalue weighted by Gasteiger charge is -2.12. The van der Waals surface area contributed by atoms with Crippen molar-refractivity contribution in [3.63, 3.8) is 0 Å². The molecule has 0 aliphatic rings. The molecule has 0 aromatic heterocycles. The number of unbranched alkanes of at least 4 members (excludes halogenated alkanes) is 2. The van der Waals surface area contributed by atoms with E-state index in [1.54, 1.807) is 14.0 Å². The van der Waals surface area contributed by atoms with E-state index < -0.39 is 0 Å². The second-order valence-electron chi connectivity index (χ2n) is 5.63. The van der Waals surface area contributed by atoms with Gasteiger partial charge in [-0.25, -0.2) is 0 Å². The first kappa shape index (κ1) is 22.0. The Hall–Kier alpha value is -0.980. The second-order valence-corrected chi connectivity index (χ2v) is 5.63. The largest absolute Gasteiger partial charge is 0.379 e. The molecule has 0 heterocycles. The highest BCUT2D eigenvalue weighted by atomic mass is 16.5. The standard InChI is InChI=1S/C17H34N2O4/c1-4-5-11-22-13-14-23-12-9-17(21)19-10-7-6-8-16(18-3)15(2)20/h16,18H,4-14H2,1-3H3,(H,19,21). The van der Waals surface area contributed by atoms with E-state index in [0.29, 0.717) is 32.8 Å². The van der Waals surface area contributed by atoms with Crippen molar-refractivity contribution in [3.8, 4) is 0 Å². The van der Waals surface area contributed by atoms with Gasteiger partial charge in [0.2, 0.25) is 5.91 Å². The van der Waals surface area contributed by atoms with Crippen LogP contribution in [0.3, 0.4) is 0 Å². The molecule has 0 spiro atoms. The van der Waals surface area contributed by atoms with Gasteiger partial charge in [0.05, 0.1) is 25.9 Å². The third kappa shape index (κ3) is 14.3. The van der Waals surface area contributed by atoms with E-state index in [1.807, 2.05) is 0 Å². The highest BCUT2D eigenvalue weighted by Crippen LogP contribution is 2.01. The smallest absolute Gasteiger partial charge is 0.222 e. The van der Waals surface area contributed by atoms with Crippen LogP contribution in [-0.2, 0) is 19.1 Å². The van der Waals surface area contributed by atoms with Gasteiger partial charge >= 0.3 is 0 Å². The number of ether oxygens (including phenoxy) is 2. The third-order valence-corrected chi connectivity index (χ3v) is 3.57. The Bertz CT molecular complexity index is 311. The van der Waals surface area contributed by atoms with Crippen molar-refractivity contribution in [1.29, 1.82) is 0 Å². The molecule has 0 rings (SSSR count). The summed E-state index contributed by atoms with van der Waals surface area (Å²) in [4.78, 5) is 22.8. The van der Waals surface area contributed by atoms with Gasteiger partial charge in [0, 0.05) is 19.6 Å². The molecule has 1 amide bonds. The second kappa shape index (κ2) is 15.9. The Morgan fingerprint density at radius 3 is 2.30 bits per heavy atom. The lowest BCUT2D eigenvalue weighted by atomic mass is 10.1. The van der Waals surface area contributed by atoms with Gasteiger partial charge in [-0.05, 0) is 39.7 Å². The van der Waals surface area contributed by atoms with Gasteiger partial charge in [-0.15, -0.1) is 0 Å². The van der Waals surface area contributed by atoms with Crippen LogP contribution in [-0.4, -0.2) is 57.8 Å². The minimum atomic E-state index is -0.0707. The molecule has 0 aromatic rings. The van der Waals surface area contributed by atoms with Crippen LogP contribution < -0.4 is 10.6 Å². The first-order chi connectivity index (χ1) is 11.1. The molecule has 1 atom stereocenters. The van der Waals surface area contributed by atoms with Gasteiger partial charge in [0.25, 0.3) is 0 Å². The number of carbonyl (C=O) groups is 2. The number of rotatable bonds is 16. The average molecular weight is 330 g/mol. The first-order valence-electron chi connectivity index (χ1n) is 8.71. The van der Waals surface area contributed by atoms with Gasteiger partial charge in [0.15, 0.2) is 0 Å². The summed E-state index contributed by atoms with van der Waals surface area (Å²) in [6.07, 6.45) is 5.18. The van der Waals surface area contributed by atoms with Crippen LogP contribution in [0.15, 0.2) is 0 Å². The summed E-state index contributed by atoms with van der Waals surface area (Å²) in [5.74, 6) is 0.168. The molecule has 0 saturated carbocycles. The zero-order valence-corrected chi connectivity index (χ0v) is 15.0. The summed E-state index contributed by atoms with van der Waals surface area (Å²) < 4.78 is 10.7. The lowest BCUT2D eigenvalue weighted by molar-refractivity contribution is -0.122. The molecule has 23 heavy (non-hydrogen) atoms. The molecular formula is C17H34N2O4. The van der Waals surface area contributed by atoms with Crippen molar-refractivity contribution in [2.75, 3.05) is 40.0 Å². The van der Waals surface area contributed by atoms with Crippen LogP contribution in [0.2, 0.25) is 0 Å². The SMILES string of the molecule is CCCCOCCOCCC(=O)NCCCCC(NC)C(C)=O. The normalized spacial score (nSPS) is 12.1. The number of amides is 1. The summed E-state index contributed by atoms with van der Waals surface area (Å²) in [7, 11) is 1.79. The molecule has 0 aliphatic heterocycles. The number of carbonyl (C=O) groups excluding carboxylic acids is 2. The highest BCUT2D eigenvalue weighted by molar-refractivity contribution is 5.81. The average Bonchev–Trinajstić information content (AvgIpc) is 2.53. The molecule has 6 nitrogen and oxygen atoms in total. The van der Waals surface area contributed by atoms with E-state index in [-0.39, 0.29) is 17.7 Å². The van der Waals surface area contributed by atoms with Crippen molar-refractivity contribution >= 4 is 11.7 Å². The van der Waals surface area contributed by atoms with Crippen LogP contribution in [0.1, 0.15) is 52.4 Å². The molecule has 0 fully saturated rings. The van der Waals surface area contributed by atoms with Crippen molar-refractivity contribution in [2.24, 2.45) is 0 Å². The number of ketones is 1. The summed E-state index contributed by atoms with van der Waals surface area (Å²) in [5.41, 5.74) is 0. The Kier molecular flexibility index (Phi) is 15.2. The summed E-state index contributed by atoms with van der Waals surface area (Å²) in [6.45, 7) is 6.69. The number of hydrogen-bond acceptors (Lipinski definition) is 5. The van der Waals surface area contributed by atoms with Crippen molar-refractivity contribution in [3.05, 3.63) is 0 Å². The van der Waals surface area contributed by atoms with E-state index >= 15 is 0 Å². The van der Waals surface area contributed by atoms with E-state index in [4.69, 9.17) is 9.47 Å². The fraction of sp³-hybridized carbons (Fsp3) is 0.882. The minimum absolute atomic E-state index is 0.00800. The summed E-state index contributed by atoms with van der Waals surface area (Å²) >= 11 is 0. The maximum absolute atomic E-state index is 11.6. The Morgan fingerprint density at radius 1 is 1.00 bits per heavy atom. The van der Waals surface area contributed by atoms with Gasteiger partial charge in [-0.1, -0.05) is 13.3 Å². The fourth-order valence-corrected chi connectivity index (χ4v) is 2.07. The number of Topliss-reactive ketones (excluding diaryl/α,β-unsaturated/α-hetero) is 1. The zero-order valence-electron chi connectivity index (χ0n) is 15.0. The van der Waals surface area contributed by atoms with E-state index in [2.05, 4.69) is 17.6 Å². The van der Waals surface area contributed by atoms with Crippen LogP contribution in [0.4, 0.5) is 0 Å². The summed E-state index contributed by atoms with van der Waals surface area (Å²) in [5, 5.41) is 5.86. The van der Waals surface area contributed by atoms with E-state index in [1.165, 1.54) is 0 Å². The predicted octanol–water partition coefficient (Wildman–Crippen LogP) is 1.67. The topological polar surface area (TPSA) is 76.7 Å². The predicted molar refractivity (Wildman–Crippen MR) is 91.6 cm³/mol. The van der Waals surface area contributed by atoms with Gasteiger partial charge in [-0.2, -0.15) is 0 Å². The van der Waals surface area contributed by atoms with Crippen molar-refractivity contribution < 1.29 is 19.1 Å². The fourth-order valence-electron chi connectivity index (χ4n) is 2.07. The Morgan fingerprint density at radius 2 is 1.70 bits per heavy atom. The molecule has 0 bridgehead atoms. The third-order valence-electron chi connectivity index (χ3n) is 3.57. The molecule has 0 radical (unpaired) electrons. The van der Waals surface area contributed by atoms with Crippen LogP contribution in [0, 0.1) is 0 Å². The molecule has 0 aliphatic carbocycles. The first-order valence-corrected chi connectivity index (χ1v) is 8.71. The quantitative estimate of drug-likeness (QED) is 0.421. The van der Waals surface area contributed by atoms with Crippen LogP contribution in [0.5, 0.6) is 0 Å². The molecule has 6 heteroatoms. The molecular weight excluding hydrogens is 296 g/mol. The molecule has 136 valence electrons. The molecule has 1 unspecified atom stereocenters. The lowest BCUT2D eigenvalue weighted by Crippen LogP contribution is -2.32. The highest BCUT2D eigenvalue weighted by Gasteiger charge is 2.10. The molecule has 2 N–H and O–H groups in total. The number of hydrogen-bond donors (Lipinski definition) is 2. The van der Waals surface area contributed by atoms with Gasteiger partial charge in [-0.3, -0.25) is 9.59 Å². The van der Waals surface area contributed by atoms with Crippen molar-refractivity contribution in [2.45, 2.75) is 58.4 Å². The summed E-state index contributed by atoms with van der Waals surface area (Å²) in [6, 6.07) is -0.0707. The van der Waals surface area contributed by atoms with Crippen molar-refractivity contribution in [1.82, 2.24) is 10.6 Å². The zero-order chi connectivity index (χ0) is 17.3. The van der Waals surface area contributed by atoms with Gasteiger partial charge in [0.1, 0.15) is 5.78 Å². The monoisotopic (exact) mass is 330 g/mol. The number of nitrogens with one attached hydrogen (secondary N) is 2. The van der Waals surface area contributed by atoms with Crippen LogP contribution >= 0.6 is 0 Å². The van der Waals surface area contributed by atoms with Gasteiger partial charge < -0.3 is 20.1 Å². The maximum atomic E-state index is 11.6. The molecule has 0 saturated heterocycles. The van der Waals surface area contributed by atoms with E-state index in [9.17, 15) is 9.59 Å². The number of likely N-dealkylation sites (N-methyl/N-ethyl adjacent to an activating group) is 1.